The van der Waals surface area contributed by atoms with Crippen LogP contribution >= 0.6 is 0 Å². The van der Waals surface area contributed by atoms with Gasteiger partial charge in [-0.05, 0) is 53.8 Å². The molecule has 2 rings (SSSR count). The lowest BCUT2D eigenvalue weighted by molar-refractivity contribution is 0.427. The van der Waals surface area contributed by atoms with E-state index in [0.717, 1.165) is 12.5 Å². The van der Waals surface area contributed by atoms with Crippen LogP contribution < -0.4 is 5.32 Å². The minimum absolute atomic E-state index is 0.317. The number of nitrogens with one attached hydrogen (secondary N) is 1. The van der Waals surface area contributed by atoms with Gasteiger partial charge in [-0.1, -0.05) is 52.8 Å². The van der Waals surface area contributed by atoms with Gasteiger partial charge in [0.25, 0.3) is 0 Å². The minimum atomic E-state index is 0.317. The van der Waals surface area contributed by atoms with Crippen molar-refractivity contribution in [1.82, 2.24) is 5.32 Å². The van der Waals surface area contributed by atoms with Gasteiger partial charge in [0.05, 0.1) is 0 Å². The van der Waals surface area contributed by atoms with E-state index in [4.69, 9.17) is 0 Å². The van der Waals surface area contributed by atoms with E-state index < -0.39 is 0 Å². The molecule has 106 valence electrons. The standard InChI is InChI=1S/C18H29N/c1-6-9-19-17-12-18(4,5)16-8-7-14(10-13(2)3)11-15(16)17/h7-8,11,13,17,19H,6,9-10,12H2,1-5H3. The Balaban J connectivity index is 2.28. The second-order valence-electron chi connectivity index (χ2n) is 7.11. The molecule has 0 heterocycles. The zero-order valence-electron chi connectivity index (χ0n) is 13.2. The number of hydrogen-bond acceptors (Lipinski definition) is 1. The number of hydrogen-bond donors (Lipinski definition) is 1. The highest BCUT2D eigenvalue weighted by Crippen LogP contribution is 2.44. The number of benzene rings is 1. The van der Waals surface area contributed by atoms with E-state index in [2.05, 4.69) is 58.1 Å². The first-order valence-electron chi connectivity index (χ1n) is 7.80. The summed E-state index contributed by atoms with van der Waals surface area (Å²) in [6.07, 6.45) is 3.62. The third kappa shape index (κ3) is 3.20. The minimum Gasteiger partial charge on any atom is -0.310 e. The van der Waals surface area contributed by atoms with Crippen LogP contribution in [0, 0.1) is 5.92 Å². The Hall–Kier alpha value is -0.820. The van der Waals surface area contributed by atoms with E-state index in [9.17, 15) is 0 Å². The summed E-state index contributed by atoms with van der Waals surface area (Å²) in [7, 11) is 0. The molecule has 0 bridgehead atoms. The van der Waals surface area contributed by atoms with Crippen LogP contribution in [-0.4, -0.2) is 6.54 Å². The summed E-state index contributed by atoms with van der Waals surface area (Å²) in [6.45, 7) is 12.7. The highest BCUT2D eigenvalue weighted by Gasteiger charge is 2.36. The molecule has 1 nitrogen and oxygen atoms in total. The second-order valence-corrected chi connectivity index (χ2v) is 7.11. The number of rotatable bonds is 5. The van der Waals surface area contributed by atoms with Gasteiger partial charge in [0.15, 0.2) is 0 Å². The maximum absolute atomic E-state index is 3.72. The molecule has 0 spiro atoms. The summed E-state index contributed by atoms with van der Waals surface area (Å²) in [5.74, 6) is 0.731. The van der Waals surface area contributed by atoms with E-state index in [1.54, 1.807) is 11.1 Å². The first-order valence-corrected chi connectivity index (χ1v) is 7.80. The molecule has 0 amide bonds. The van der Waals surface area contributed by atoms with Gasteiger partial charge in [-0.25, -0.2) is 0 Å². The zero-order chi connectivity index (χ0) is 14.0. The molecule has 1 aromatic carbocycles. The Morgan fingerprint density at radius 2 is 2.05 bits per heavy atom. The van der Waals surface area contributed by atoms with Crippen molar-refractivity contribution in [2.45, 2.75) is 65.3 Å². The molecule has 0 saturated heterocycles. The predicted octanol–water partition coefficient (Wildman–Crippen LogP) is 4.61. The maximum Gasteiger partial charge on any atom is 0.0331 e. The van der Waals surface area contributed by atoms with Crippen molar-refractivity contribution in [2.75, 3.05) is 6.54 Å². The van der Waals surface area contributed by atoms with E-state index in [1.807, 2.05) is 0 Å². The van der Waals surface area contributed by atoms with Crippen molar-refractivity contribution in [3.63, 3.8) is 0 Å². The molecule has 0 fully saturated rings. The topological polar surface area (TPSA) is 12.0 Å². The van der Waals surface area contributed by atoms with Gasteiger partial charge in [-0.2, -0.15) is 0 Å². The molecule has 1 aromatic rings. The third-order valence-electron chi connectivity index (χ3n) is 4.22. The lowest BCUT2D eigenvalue weighted by atomic mass is 9.86. The van der Waals surface area contributed by atoms with E-state index in [1.165, 1.54) is 24.8 Å². The Labute approximate surface area is 118 Å². The highest BCUT2D eigenvalue weighted by molar-refractivity contribution is 5.43. The predicted molar refractivity (Wildman–Crippen MR) is 83.7 cm³/mol. The van der Waals surface area contributed by atoms with Crippen molar-refractivity contribution in [2.24, 2.45) is 5.92 Å². The lowest BCUT2D eigenvalue weighted by Gasteiger charge is -2.19. The molecular weight excluding hydrogens is 230 g/mol. The SMILES string of the molecule is CCCNC1CC(C)(C)c2ccc(CC(C)C)cc21. The lowest BCUT2D eigenvalue weighted by Crippen LogP contribution is -2.22. The zero-order valence-corrected chi connectivity index (χ0v) is 13.2. The molecule has 19 heavy (non-hydrogen) atoms. The van der Waals surface area contributed by atoms with Crippen molar-refractivity contribution in [1.29, 1.82) is 0 Å². The Morgan fingerprint density at radius 1 is 1.32 bits per heavy atom. The Morgan fingerprint density at radius 3 is 2.68 bits per heavy atom. The summed E-state index contributed by atoms with van der Waals surface area (Å²) >= 11 is 0. The summed E-state index contributed by atoms with van der Waals surface area (Å²) in [4.78, 5) is 0. The first kappa shape index (κ1) is 14.6. The first-order chi connectivity index (χ1) is 8.94. The van der Waals surface area contributed by atoms with Gasteiger partial charge in [0.1, 0.15) is 0 Å². The summed E-state index contributed by atoms with van der Waals surface area (Å²) < 4.78 is 0. The van der Waals surface area contributed by atoms with E-state index >= 15 is 0 Å². The molecule has 0 saturated carbocycles. The highest BCUT2D eigenvalue weighted by atomic mass is 14.9. The van der Waals surface area contributed by atoms with E-state index in [0.29, 0.717) is 11.5 Å². The van der Waals surface area contributed by atoms with Crippen molar-refractivity contribution in [3.8, 4) is 0 Å². The van der Waals surface area contributed by atoms with Crippen molar-refractivity contribution >= 4 is 0 Å². The molecular formula is C18H29N. The van der Waals surface area contributed by atoms with Crippen molar-refractivity contribution in [3.05, 3.63) is 34.9 Å². The Bertz CT molecular complexity index is 431. The van der Waals surface area contributed by atoms with Crippen LogP contribution in [0.1, 0.15) is 70.2 Å². The fraction of sp³-hybridized carbons (Fsp3) is 0.667. The van der Waals surface area contributed by atoms with Gasteiger partial charge in [-0.3, -0.25) is 0 Å². The van der Waals surface area contributed by atoms with Gasteiger partial charge >= 0.3 is 0 Å². The Kier molecular flexibility index (Phi) is 4.35. The molecule has 1 unspecified atom stereocenters. The van der Waals surface area contributed by atoms with Crippen LogP contribution in [-0.2, 0) is 11.8 Å². The fourth-order valence-electron chi connectivity index (χ4n) is 3.35. The van der Waals surface area contributed by atoms with Crippen LogP contribution in [0.3, 0.4) is 0 Å². The normalized spacial score (nSPS) is 20.8. The van der Waals surface area contributed by atoms with Crippen molar-refractivity contribution < 1.29 is 0 Å². The average Bonchev–Trinajstić information content (AvgIpc) is 2.57. The molecule has 1 aliphatic carbocycles. The molecule has 1 aliphatic rings. The van der Waals surface area contributed by atoms with Crippen LogP contribution in [0.5, 0.6) is 0 Å². The molecule has 0 aromatic heterocycles. The quantitative estimate of drug-likeness (QED) is 0.814. The maximum atomic E-state index is 3.72. The smallest absolute Gasteiger partial charge is 0.0331 e. The monoisotopic (exact) mass is 259 g/mol. The number of fused-ring (bicyclic) bond motifs is 1. The second kappa shape index (κ2) is 5.66. The summed E-state index contributed by atoms with van der Waals surface area (Å²) in [5.41, 5.74) is 4.91. The third-order valence-corrected chi connectivity index (χ3v) is 4.22. The van der Waals surface area contributed by atoms with E-state index in [-0.39, 0.29) is 0 Å². The molecule has 0 aliphatic heterocycles. The molecule has 0 radical (unpaired) electrons. The van der Waals surface area contributed by atoms with Gasteiger partial charge in [0.2, 0.25) is 0 Å². The molecule has 1 atom stereocenters. The van der Waals surface area contributed by atoms with Crippen LogP contribution in [0.15, 0.2) is 18.2 Å². The van der Waals surface area contributed by atoms with Crippen LogP contribution in [0.2, 0.25) is 0 Å². The molecule has 1 heteroatoms. The summed E-state index contributed by atoms with van der Waals surface area (Å²) in [5, 5.41) is 3.72. The average molecular weight is 259 g/mol. The van der Waals surface area contributed by atoms with Gasteiger partial charge < -0.3 is 5.32 Å². The summed E-state index contributed by atoms with van der Waals surface area (Å²) in [6, 6.07) is 7.72. The van der Waals surface area contributed by atoms with Gasteiger partial charge in [-0.15, -0.1) is 0 Å². The van der Waals surface area contributed by atoms with Crippen LogP contribution in [0.25, 0.3) is 0 Å². The fourth-order valence-corrected chi connectivity index (χ4v) is 3.35. The van der Waals surface area contributed by atoms with Gasteiger partial charge in [0, 0.05) is 6.04 Å². The van der Waals surface area contributed by atoms with Crippen LogP contribution in [0.4, 0.5) is 0 Å². The largest absolute Gasteiger partial charge is 0.310 e. The molecule has 1 N–H and O–H groups in total.